The minimum Gasteiger partial charge on any atom is -0.338 e. The van der Waals surface area contributed by atoms with Gasteiger partial charge in [-0.15, -0.1) is 0 Å². The van der Waals surface area contributed by atoms with E-state index in [1.54, 1.807) is 10.7 Å². The average Bonchev–Trinajstić information content (AvgIpc) is 3.21. The van der Waals surface area contributed by atoms with Crippen molar-refractivity contribution in [2.75, 3.05) is 13.1 Å². The van der Waals surface area contributed by atoms with Gasteiger partial charge in [-0.05, 0) is 55.0 Å². The maximum Gasteiger partial charge on any atom is 0.257 e. The van der Waals surface area contributed by atoms with Gasteiger partial charge in [-0.25, -0.2) is 13.3 Å². The predicted octanol–water partition coefficient (Wildman–Crippen LogP) is 3.63. The molecular weight excluding hydrogens is 336 g/mol. The molecule has 1 fully saturated rings. The Kier molecular flexibility index (Phi) is 4.18. The number of hydrogen-bond donors (Lipinski definition) is 0. The van der Waals surface area contributed by atoms with Crippen LogP contribution in [0, 0.1) is 24.5 Å². The van der Waals surface area contributed by atoms with Gasteiger partial charge in [0.2, 0.25) is 0 Å². The van der Waals surface area contributed by atoms with Crippen molar-refractivity contribution in [3.05, 3.63) is 71.1 Å². The summed E-state index contributed by atoms with van der Waals surface area (Å²) in [6.07, 6.45) is 4.82. The summed E-state index contributed by atoms with van der Waals surface area (Å²) >= 11 is 0. The predicted molar refractivity (Wildman–Crippen MR) is 94.0 cm³/mol. The third kappa shape index (κ3) is 3.07. The Balaban J connectivity index is 1.50. The maximum absolute atomic E-state index is 13.4. The van der Waals surface area contributed by atoms with Crippen molar-refractivity contribution in [3.8, 4) is 0 Å². The van der Waals surface area contributed by atoms with Crippen LogP contribution in [-0.4, -0.2) is 33.5 Å². The molecule has 4 rings (SSSR count). The van der Waals surface area contributed by atoms with Crippen LogP contribution in [-0.2, 0) is 6.42 Å². The third-order valence-electron chi connectivity index (χ3n) is 4.99. The second kappa shape index (κ2) is 6.52. The number of pyridine rings is 1. The van der Waals surface area contributed by atoms with Crippen molar-refractivity contribution in [2.45, 2.75) is 19.8 Å². The fourth-order valence-corrected chi connectivity index (χ4v) is 3.79. The van der Waals surface area contributed by atoms with Gasteiger partial charge in [0, 0.05) is 25.4 Å². The summed E-state index contributed by atoms with van der Waals surface area (Å²) in [5.74, 6) is -0.967. The topological polar surface area (TPSA) is 37.6 Å². The van der Waals surface area contributed by atoms with Gasteiger partial charge >= 0.3 is 0 Å². The van der Waals surface area contributed by atoms with E-state index < -0.39 is 11.6 Å². The lowest BCUT2D eigenvalue weighted by Crippen LogP contribution is -2.29. The van der Waals surface area contributed by atoms with Crippen LogP contribution in [0.4, 0.5) is 8.78 Å². The Morgan fingerprint density at radius 2 is 2.04 bits per heavy atom. The van der Waals surface area contributed by atoms with Crippen LogP contribution in [0.1, 0.15) is 27.9 Å². The van der Waals surface area contributed by atoms with Gasteiger partial charge in [0.25, 0.3) is 5.91 Å². The largest absolute Gasteiger partial charge is 0.338 e. The van der Waals surface area contributed by atoms with E-state index in [0.29, 0.717) is 30.6 Å². The second-order valence-corrected chi connectivity index (χ2v) is 6.93. The molecular formula is C20H19F2N3O. The summed E-state index contributed by atoms with van der Waals surface area (Å²) in [6, 6.07) is 7.46. The summed E-state index contributed by atoms with van der Waals surface area (Å²) in [7, 11) is 0. The highest BCUT2D eigenvalue weighted by Gasteiger charge is 2.29. The molecule has 1 aliphatic heterocycles. The Bertz CT molecular complexity index is 962. The molecule has 0 bridgehead atoms. The van der Waals surface area contributed by atoms with E-state index in [4.69, 9.17) is 0 Å². The molecule has 0 radical (unpaired) electrons. The van der Waals surface area contributed by atoms with E-state index >= 15 is 0 Å². The van der Waals surface area contributed by atoms with Gasteiger partial charge < -0.3 is 4.90 Å². The molecule has 1 saturated heterocycles. The molecule has 0 saturated carbocycles. The lowest BCUT2D eigenvalue weighted by Gasteiger charge is -2.16. The minimum atomic E-state index is -0.562. The molecule has 1 aliphatic rings. The summed E-state index contributed by atoms with van der Waals surface area (Å²) in [5, 5.41) is 4.26. The van der Waals surface area contributed by atoms with E-state index in [9.17, 15) is 13.6 Å². The molecule has 1 unspecified atom stereocenters. The molecule has 0 aliphatic carbocycles. The summed E-state index contributed by atoms with van der Waals surface area (Å²) < 4.78 is 28.4. The highest BCUT2D eigenvalue weighted by molar-refractivity contribution is 6.01. The first kappa shape index (κ1) is 16.7. The van der Waals surface area contributed by atoms with Gasteiger partial charge in [0.1, 0.15) is 11.6 Å². The van der Waals surface area contributed by atoms with Crippen molar-refractivity contribution in [3.63, 3.8) is 0 Å². The quantitative estimate of drug-likeness (QED) is 0.720. The number of aryl methyl sites for hydroxylation is 1. The van der Waals surface area contributed by atoms with Crippen LogP contribution < -0.4 is 0 Å². The lowest BCUT2D eigenvalue weighted by atomic mass is 9.98. The average molecular weight is 355 g/mol. The van der Waals surface area contributed by atoms with Crippen LogP contribution in [0.3, 0.4) is 0 Å². The molecule has 3 heterocycles. The van der Waals surface area contributed by atoms with E-state index in [2.05, 4.69) is 5.10 Å². The van der Waals surface area contributed by atoms with E-state index in [1.165, 1.54) is 12.1 Å². The number of fused-ring (bicyclic) bond motifs is 1. The zero-order valence-electron chi connectivity index (χ0n) is 14.5. The number of carbonyl (C=O) groups is 1. The highest BCUT2D eigenvalue weighted by Crippen LogP contribution is 2.25. The number of rotatable bonds is 3. The third-order valence-corrected chi connectivity index (χ3v) is 4.99. The second-order valence-electron chi connectivity index (χ2n) is 6.93. The summed E-state index contributed by atoms with van der Waals surface area (Å²) in [4.78, 5) is 14.7. The number of amides is 1. The molecule has 0 spiro atoms. The lowest BCUT2D eigenvalue weighted by molar-refractivity contribution is 0.0789. The van der Waals surface area contributed by atoms with Crippen LogP contribution in [0.15, 0.2) is 42.7 Å². The maximum atomic E-state index is 13.4. The molecule has 1 amide bonds. The van der Waals surface area contributed by atoms with Crippen molar-refractivity contribution < 1.29 is 13.6 Å². The van der Waals surface area contributed by atoms with Crippen molar-refractivity contribution >= 4 is 11.4 Å². The smallest absolute Gasteiger partial charge is 0.257 e. The Morgan fingerprint density at radius 3 is 2.81 bits per heavy atom. The number of benzene rings is 1. The summed E-state index contributed by atoms with van der Waals surface area (Å²) in [6.45, 7) is 3.18. The van der Waals surface area contributed by atoms with Gasteiger partial charge in [-0.1, -0.05) is 6.07 Å². The number of halogens is 2. The normalized spacial score (nSPS) is 17.2. The van der Waals surface area contributed by atoms with E-state index in [-0.39, 0.29) is 11.8 Å². The number of aromatic nitrogens is 2. The van der Waals surface area contributed by atoms with Crippen molar-refractivity contribution in [1.82, 2.24) is 14.5 Å². The number of hydrogen-bond acceptors (Lipinski definition) is 2. The molecule has 134 valence electrons. The fourth-order valence-electron chi connectivity index (χ4n) is 3.79. The highest BCUT2D eigenvalue weighted by atomic mass is 19.1. The fraction of sp³-hybridized carbons (Fsp3) is 0.300. The molecule has 0 N–H and O–H groups in total. The minimum absolute atomic E-state index is 0.0396. The standard InChI is InChI=1S/C20H19F2N3O/c1-13-3-2-5-25-19(13)18(11-23-25)20(26)24-6-4-14(12-24)7-15-8-16(21)10-17(22)9-15/h2-3,5,8-11,14H,4,6-7,12H2,1H3. The monoisotopic (exact) mass is 355 g/mol. The number of carbonyl (C=O) groups excluding carboxylic acids is 1. The first-order valence-corrected chi connectivity index (χ1v) is 8.68. The van der Waals surface area contributed by atoms with Crippen molar-refractivity contribution in [2.24, 2.45) is 5.92 Å². The summed E-state index contributed by atoms with van der Waals surface area (Å²) in [5.41, 5.74) is 3.06. The van der Waals surface area contributed by atoms with Gasteiger partial charge in [-0.3, -0.25) is 4.79 Å². The number of nitrogens with zero attached hydrogens (tertiary/aromatic N) is 3. The Morgan fingerprint density at radius 1 is 1.27 bits per heavy atom. The molecule has 6 heteroatoms. The Hall–Kier alpha value is -2.76. The molecule has 3 aromatic rings. The first-order chi connectivity index (χ1) is 12.5. The number of likely N-dealkylation sites (tertiary alicyclic amines) is 1. The van der Waals surface area contributed by atoms with Crippen LogP contribution in [0.25, 0.3) is 5.52 Å². The van der Waals surface area contributed by atoms with Gasteiger partial charge in [0.05, 0.1) is 17.3 Å². The molecule has 26 heavy (non-hydrogen) atoms. The van der Waals surface area contributed by atoms with Crippen LogP contribution in [0.5, 0.6) is 0 Å². The molecule has 4 nitrogen and oxygen atoms in total. The van der Waals surface area contributed by atoms with E-state index in [0.717, 1.165) is 23.6 Å². The van der Waals surface area contributed by atoms with Crippen LogP contribution in [0.2, 0.25) is 0 Å². The molecule has 1 atom stereocenters. The van der Waals surface area contributed by atoms with Crippen molar-refractivity contribution in [1.29, 1.82) is 0 Å². The van der Waals surface area contributed by atoms with Crippen LogP contribution >= 0.6 is 0 Å². The van der Waals surface area contributed by atoms with Gasteiger partial charge in [-0.2, -0.15) is 5.10 Å². The first-order valence-electron chi connectivity index (χ1n) is 8.68. The zero-order valence-corrected chi connectivity index (χ0v) is 14.5. The SMILES string of the molecule is Cc1cccn2ncc(C(=O)N3CCC(Cc4cc(F)cc(F)c4)C3)c12. The van der Waals surface area contributed by atoms with E-state index in [1.807, 2.05) is 30.2 Å². The zero-order chi connectivity index (χ0) is 18.3. The molecule has 1 aromatic carbocycles. The Labute approximate surface area is 150 Å². The molecule has 2 aromatic heterocycles. The van der Waals surface area contributed by atoms with Gasteiger partial charge in [0.15, 0.2) is 0 Å².